The summed E-state index contributed by atoms with van der Waals surface area (Å²) in [7, 11) is 1.77. The zero-order valence-corrected chi connectivity index (χ0v) is 9.78. The van der Waals surface area contributed by atoms with Gasteiger partial charge in [-0.15, -0.1) is 0 Å². The minimum Gasteiger partial charge on any atom is -0.370 e. The molecule has 0 aromatic heterocycles. The predicted octanol–water partition coefficient (Wildman–Crippen LogP) is 0.948. The van der Waals surface area contributed by atoms with Crippen LogP contribution in [0.1, 0.15) is 11.1 Å². The summed E-state index contributed by atoms with van der Waals surface area (Å²) >= 11 is 0. The van der Waals surface area contributed by atoms with Crippen molar-refractivity contribution in [2.75, 3.05) is 11.9 Å². The fourth-order valence-electron chi connectivity index (χ4n) is 1.64. The van der Waals surface area contributed by atoms with Crippen LogP contribution >= 0.6 is 0 Å². The third-order valence-electron chi connectivity index (χ3n) is 2.33. The van der Waals surface area contributed by atoms with Gasteiger partial charge in [0.15, 0.2) is 5.96 Å². The van der Waals surface area contributed by atoms with Gasteiger partial charge in [0, 0.05) is 12.7 Å². The lowest BCUT2D eigenvalue weighted by Crippen LogP contribution is -2.31. The minimum absolute atomic E-state index is 0.0254. The molecule has 5 heteroatoms. The second-order valence-electron chi connectivity index (χ2n) is 3.66. The van der Waals surface area contributed by atoms with Crippen molar-refractivity contribution in [3.63, 3.8) is 0 Å². The van der Waals surface area contributed by atoms with Crippen molar-refractivity contribution in [3.05, 3.63) is 29.3 Å². The molecule has 0 saturated carbocycles. The summed E-state index contributed by atoms with van der Waals surface area (Å²) in [4.78, 5) is 5.37. The monoisotopic (exact) mass is 219 g/mol. The Hall–Kier alpha value is -2.04. The van der Waals surface area contributed by atoms with Crippen LogP contribution in [-0.4, -0.2) is 19.0 Å². The van der Waals surface area contributed by atoms with Gasteiger partial charge in [-0.25, -0.2) is 0 Å². The molecular formula is C11H17N5. The van der Waals surface area contributed by atoms with E-state index in [1.807, 2.05) is 32.0 Å². The summed E-state index contributed by atoms with van der Waals surface area (Å²) in [6.07, 6.45) is 0. The van der Waals surface area contributed by atoms with Gasteiger partial charge in [-0.05, 0) is 25.0 Å². The van der Waals surface area contributed by atoms with Crippen molar-refractivity contribution in [1.29, 1.82) is 5.41 Å². The van der Waals surface area contributed by atoms with Crippen molar-refractivity contribution in [2.45, 2.75) is 13.8 Å². The van der Waals surface area contributed by atoms with E-state index in [9.17, 15) is 0 Å². The first-order chi connectivity index (χ1) is 7.43. The van der Waals surface area contributed by atoms with Crippen LogP contribution in [-0.2, 0) is 0 Å². The number of aliphatic imine (C=N–C) groups is 1. The fourth-order valence-corrected chi connectivity index (χ4v) is 1.64. The molecule has 16 heavy (non-hydrogen) atoms. The Bertz CT molecular complexity index is 412. The molecule has 86 valence electrons. The molecule has 5 N–H and O–H groups in total. The van der Waals surface area contributed by atoms with Gasteiger partial charge in [0.1, 0.15) is 0 Å². The maximum atomic E-state index is 7.73. The third kappa shape index (κ3) is 2.50. The number of hydrogen-bond acceptors (Lipinski definition) is 1. The lowest BCUT2D eigenvalue weighted by atomic mass is 10.1. The predicted molar refractivity (Wildman–Crippen MR) is 67.9 cm³/mol. The quantitative estimate of drug-likeness (QED) is 0.485. The maximum absolute atomic E-state index is 7.73. The largest absolute Gasteiger partial charge is 0.370 e. The van der Waals surface area contributed by atoms with Crippen molar-refractivity contribution in [2.24, 2.45) is 16.5 Å². The third-order valence-corrected chi connectivity index (χ3v) is 2.33. The van der Waals surface area contributed by atoms with Crippen LogP contribution in [0.3, 0.4) is 0 Å². The van der Waals surface area contributed by atoms with E-state index in [2.05, 4.69) is 4.99 Å². The molecule has 0 bridgehead atoms. The molecule has 0 heterocycles. The molecule has 0 spiro atoms. The first kappa shape index (κ1) is 12.0. The number of guanidine groups is 2. The highest BCUT2D eigenvalue weighted by molar-refractivity contribution is 6.01. The van der Waals surface area contributed by atoms with Crippen LogP contribution in [0.25, 0.3) is 0 Å². The van der Waals surface area contributed by atoms with Crippen LogP contribution in [0.15, 0.2) is 23.2 Å². The number of nitrogens with two attached hydrogens (primary N) is 2. The number of anilines is 1. The van der Waals surface area contributed by atoms with E-state index < -0.39 is 0 Å². The molecule has 1 rings (SSSR count). The Kier molecular flexibility index (Phi) is 3.50. The summed E-state index contributed by atoms with van der Waals surface area (Å²) in [5.74, 6) is -0.0829. The van der Waals surface area contributed by atoms with E-state index in [1.165, 1.54) is 0 Å². The highest BCUT2D eigenvalue weighted by Crippen LogP contribution is 2.23. The molecular weight excluding hydrogens is 202 g/mol. The lowest BCUT2D eigenvalue weighted by Gasteiger charge is -2.21. The second kappa shape index (κ2) is 4.65. The molecule has 0 atom stereocenters. The Balaban J connectivity index is 3.10. The molecule has 0 saturated heterocycles. The van der Waals surface area contributed by atoms with Gasteiger partial charge in [0.2, 0.25) is 5.96 Å². The Morgan fingerprint density at radius 2 is 1.75 bits per heavy atom. The zero-order chi connectivity index (χ0) is 12.3. The van der Waals surface area contributed by atoms with Crippen molar-refractivity contribution < 1.29 is 0 Å². The lowest BCUT2D eigenvalue weighted by molar-refractivity contribution is 1.15. The van der Waals surface area contributed by atoms with Crippen LogP contribution in [0.2, 0.25) is 0 Å². The summed E-state index contributed by atoms with van der Waals surface area (Å²) in [5, 5.41) is 7.73. The number of hydrogen-bond donors (Lipinski definition) is 3. The molecule has 1 aromatic rings. The van der Waals surface area contributed by atoms with Crippen molar-refractivity contribution in [3.8, 4) is 0 Å². The molecule has 5 nitrogen and oxygen atoms in total. The first-order valence-electron chi connectivity index (χ1n) is 4.91. The number of nitrogens with one attached hydrogen (secondary N) is 1. The second-order valence-corrected chi connectivity index (χ2v) is 3.66. The highest BCUT2D eigenvalue weighted by atomic mass is 15.3. The standard InChI is InChI=1S/C11H17N5/c1-7-5-4-6-8(2)9(7)16(3)11(14)15-10(12)13/h4-6H,1-3H3,(H5,12,13,14,15). The summed E-state index contributed by atoms with van der Waals surface area (Å²) < 4.78 is 0. The molecule has 0 amide bonds. The van der Waals surface area contributed by atoms with Gasteiger partial charge in [0.25, 0.3) is 0 Å². The van der Waals surface area contributed by atoms with Gasteiger partial charge in [-0.1, -0.05) is 18.2 Å². The van der Waals surface area contributed by atoms with Crippen LogP contribution in [0, 0.1) is 19.3 Å². The summed E-state index contributed by atoms with van der Waals surface area (Å²) in [5.41, 5.74) is 13.6. The van der Waals surface area contributed by atoms with E-state index >= 15 is 0 Å². The van der Waals surface area contributed by atoms with Crippen molar-refractivity contribution in [1.82, 2.24) is 0 Å². The molecule has 0 radical (unpaired) electrons. The topological polar surface area (TPSA) is 91.5 Å². The van der Waals surface area contributed by atoms with Gasteiger partial charge < -0.3 is 16.4 Å². The van der Waals surface area contributed by atoms with Crippen LogP contribution < -0.4 is 16.4 Å². The fraction of sp³-hybridized carbons (Fsp3) is 0.273. The summed E-state index contributed by atoms with van der Waals surface area (Å²) in [6.45, 7) is 3.98. The van der Waals surface area contributed by atoms with Gasteiger partial charge in [-0.3, -0.25) is 5.41 Å². The van der Waals surface area contributed by atoms with E-state index in [-0.39, 0.29) is 11.9 Å². The molecule has 0 fully saturated rings. The van der Waals surface area contributed by atoms with Crippen molar-refractivity contribution >= 4 is 17.6 Å². The van der Waals surface area contributed by atoms with Gasteiger partial charge >= 0.3 is 0 Å². The van der Waals surface area contributed by atoms with E-state index in [1.54, 1.807) is 11.9 Å². The maximum Gasteiger partial charge on any atom is 0.225 e. The Morgan fingerprint density at radius 1 is 1.25 bits per heavy atom. The Labute approximate surface area is 95.3 Å². The Morgan fingerprint density at radius 3 is 2.19 bits per heavy atom. The van der Waals surface area contributed by atoms with Crippen LogP contribution in [0.5, 0.6) is 0 Å². The SMILES string of the molecule is Cc1cccc(C)c1N(C)C(=N)N=C(N)N. The average molecular weight is 219 g/mol. The highest BCUT2D eigenvalue weighted by Gasteiger charge is 2.11. The van der Waals surface area contributed by atoms with Gasteiger partial charge in [-0.2, -0.15) is 4.99 Å². The summed E-state index contributed by atoms with van der Waals surface area (Å²) in [6, 6.07) is 5.95. The minimum atomic E-state index is -0.108. The normalized spacial score (nSPS) is 9.69. The van der Waals surface area contributed by atoms with E-state index in [0.29, 0.717) is 0 Å². The molecule has 0 aliphatic rings. The smallest absolute Gasteiger partial charge is 0.225 e. The zero-order valence-electron chi connectivity index (χ0n) is 9.78. The molecule has 0 aliphatic carbocycles. The number of rotatable bonds is 1. The van der Waals surface area contributed by atoms with Crippen LogP contribution in [0.4, 0.5) is 5.69 Å². The first-order valence-corrected chi connectivity index (χ1v) is 4.91. The number of para-hydroxylation sites is 1. The van der Waals surface area contributed by atoms with E-state index in [0.717, 1.165) is 16.8 Å². The molecule has 1 aromatic carbocycles. The number of nitrogens with zero attached hydrogens (tertiary/aromatic N) is 2. The molecule has 0 unspecified atom stereocenters. The number of aryl methyl sites for hydroxylation is 2. The van der Waals surface area contributed by atoms with Gasteiger partial charge in [0.05, 0.1) is 0 Å². The molecule has 0 aliphatic heterocycles. The average Bonchev–Trinajstić information content (AvgIpc) is 2.16. The number of benzene rings is 1. The van der Waals surface area contributed by atoms with E-state index in [4.69, 9.17) is 16.9 Å².